The number of ether oxygens (including phenoxy) is 1. The van der Waals surface area contributed by atoms with Gasteiger partial charge in [0.25, 0.3) is 11.8 Å². The van der Waals surface area contributed by atoms with E-state index in [9.17, 15) is 14.9 Å². The Morgan fingerprint density at radius 2 is 2.13 bits per heavy atom. The van der Waals surface area contributed by atoms with Crippen molar-refractivity contribution in [2.75, 3.05) is 24.6 Å². The van der Waals surface area contributed by atoms with E-state index in [0.29, 0.717) is 31.7 Å². The fraction of sp³-hybridized carbons (Fsp3) is 0.348. The minimum atomic E-state index is -0.662. The number of benzene rings is 2. The summed E-state index contributed by atoms with van der Waals surface area (Å²) >= 11 is 0. The molecule has 7 nitrogen and oxygen atoms in total. The van der Waals surface area contributed by atoms with Crippen LogP contribution in [0.4, 0.5) is 5.69 Å². The fourth-order valence-electron chi connectivity index (χ4n) is 3.83. The molecule has 0 bridgehead atoms. The Bertz CT molecular complexity index is 962. The van der Waals surface area contributed by atoms with Gasteiger partial charge in [0.05, 0.1) is 12.6 Å². The fourth-order valence-corrected chi connectivity index (χ4v) is 3.83. The molecule has 7 heteroatoms. The minimum absolute atomic E-state index is 0.0223. The van der Waals surface area contributed by atoms with Gasteiger partial charge in [-0.25, -0.2) is 0 Å². The zero-order valence-corrected chi connectivity index (χ0v) is 16.6. The van der Waals surface area contributed by atoms with Crippen LogP contribution in [0.1, 0.15) is 27.9 Å². The van der Waals surface area contributed by atoms with Gasteiger partial charge < -0.3 is 20.3 Å². The number of nitriles is 1. The Balaban J connectivity index is 1.42. The predicted octanol–water partition coefficient (Wildman–Crippen LogP) is 1.78. The summed E-state index contributed by atoms with van der Waals surface area (Å²) in [4.78, 5) is 26.9. The maximum absolute atomic E-state index is 12.7. The second kappa shape index (κ2) is 9.08. The maximum Gasteiger partial charge on any atom is 0.258 e. The van der Waals surface area contributed by atoms with Gasteiger partial charge in [0.1, 0.15) is 12.1 Å². The highest BCUT2D eigenvalue weighted by Gasteiger charge is 2.29. The predicted molar refractivity (Wildman–Crippen MR) is 112 cm³/mol. The molecule has 4 rings (SSSR count). The van der Waals surface area contributed by atoms with Crippen molar-refractivity contribution in [3.05, 3.63) is 65.2 Å². The van der Waals surface area contributed by atoms with Gasteiger partial charge in [-0.15, -0.1) is 0 Å². The molecule has 2 amide bonds. The normalized spacial score (nSPS) is 19.5. The lowest BCUT2D eigenvalue weighted by atomic mass is 10.0. The van der Waals surface area contributed by atoms with E-state index in [-0.39, 0.29) is 11.8 Å². The molecule has 2 aromatic rings. The molecule has 0 aromatic heterocycles. The summed E-state index contributed by atoms with van der Waals surface area (Å²) in [6.07, 6.45) is 0.648. The number of nitrogens with zero attached hydrogens (tertiary/aromatic N) is 2. The number of hydrogen-bond donors (Lipinski definition) is 2. The van der Waals surface area contributed by atoms with Crippen molar-refractivity contribution in [1.29, 1.82) is 5.26 Å². The van der Waals surface area contributed by atoms with Crippen LogP contribution in [0, 0.1) is 11.3 Å². The highest BCUT2D eigenvalue weighted by molar-refractivity contribution is 6.10. The standard InChI is InChI=1S/C23H24N4O3/c24-13-18(26-22(28)21-14-25-9-4-10-30-21)12-16-7-8-20-17(11-16)15-27(23(20)29)19-5-2-1-3-6-19/h1-3,5-8,11,18,21,25H,4,9-10,12,14-15H2,(H,26,28)/t18-,21?/m0/s1. The van der Waals surface area contributed by atoms with Crippen LogP contribution in [0.15, 0.2) is 48.5 Å². The Labute approximate surface area is 175 Å². The van der Waals surface area contributed by atoms with Crippen LogP contribution >= 0.6 is 0 Å². The number of amides is 2. The topological polar surface area (TPSA) is 94.5 Å². The van der Waals surface area contributed by atoms with Crippen LogP contribution in [0.25, 0.3) is 0 Å². The minimum Gasteiger partial charge on any atom is -0.367 e. The van der Waals surface area contributed by atoms with Crippen molar-refractivity contribution in [3.8, 4) is 6.07 Å². The van der Waals surface area contributed by atoms with E-state index in [1.165, 1.54) is 0 Å². The lowest BCUT2D eigenvalue weighted by Gasteiger charge is -2.18. The number of carbonyl (C=O) groups is 2. The van der Waals surface area contributed by atoms with Crippen LogP contribution in [-0.2, 0) is 22.5 Å². The molecule has 1 fully saturated rings. The molecule has 0 saturated carbocycles. The molecule has 2 aromatic carbocycles. The Morgan fingerprint density at radius 3 is 2.93 bits per heavy atom. The third-order valence-electron chi connectivity index (χ3n) is 5.39. The van der Waals surface area contributed by atoms with E-state index >= 15 is 0 Å². The average molecular weight is 404 g/mol. The highest BCUT2D eigenvalue weighted by Crippen LogP contribution is 2.29. The van der Waals surface area contributed by atoms with Crippen molar-refractivity contribution >= 4 is 17.5 Å². The molecule has 2 heterocycles. The Kier molecular flexibility index (Phi) is 6.07. The van der Waals surface area contributed by atoms with E-state index in [2.05, 4.69) is 16.7 Å². The second-order valence-corrected chi connectivity index (χ2v) is 7.53. The number of para-hydroxylation sites is 1. The SMILES string of the molecule is N#C[C@H](Cc1ccc2c(c1)CN(c1ccccc1)C2=O)NC(=O)C1CNCCCO1. The van der Waals surface area contributed by atoms with Gasteiger partial charge in [0.2, 0.25) is 0 Å². The van der Waals surface area contributed by atoms with Crippen LogP contribution in [0.5, 0.6) is 0 Å². The van der Waals surface area contributed by atoms with E-state index in [1.54, 1.807) is 4.90 Å². The summed E-state index contributed by atoms with van der Waals surface area (Å²) in [6, 6.07) is 16.7. The number of hydrogen-bond acceptors (Lipinski definition) is 5. The quantitative estimate of drug-likeness (QED) is 0.792. The van der Waals surface area contributed by atoms with Gasteiger partial charge >= 0.3 is 0 Å². The second-order valence-electron chi connectivity index (χ2n) is 7.53. The summed E-state index contributed by atoms with van der Waals surface area (Å²) in [5.74, 6) is -0.298. The first-order valence-corrected chi connectivity index (χ1v) is 10.2. The summed E-state index contributed by atoms with van der Waals surface area (Å²) < 4.78 is 5.56. The number of carbonyl (C=O) groups excluding carboxylic acids is 2. The van der Waals surface area contributed by atoms with E-state index in [0.717, 1.165) is 29.8 Å². The first-order valence-electron chi connectivity index (χ1n) is 10.2. The zero-order valence-electron chi connectivity index (χ0n) is 16.6. The molecule has 1 unspecified atom stereocenters. The van der Waals surface area contributed by atoms with E-state index in [4.69, 9.17) is 4.74 Å². The van der Waals surface area contributed by atoms with Gasteiger partial charge in [-0.2, -0.15) is 5.26 Å². The molecule has 154 valence electrons. The largest absolute Gasteiger partial charge is 0.367 e. The number of nitrogens with one attached hydrogen (secondary N) is 2. The molecular weight excluding hydrogens is 380 g/mol. The molecule has 2 aliphatic rings. The van der Waals surface area contributed by atoms with Gasteiger partial charge in [-0.1, -0.05) is 30.3 Å². The van der Waals surface area contributed by atoms with Crippen LogP contribution in [0.2, 0.25) is 0 Å². The molecule has 0 radical (unpaired) electrons. The van der Waals surface area contributed by atoms with Crippen molar-refractivity contribution in [2.45, 2.75) is 31.5 Å². The van der Waals surface area contributed by atoms with Gasteiger partial charge in [-0.3, -0.25) is 9.59 Å². The number of fused-ring (bicyclic) bond motifs is 1. The van der Waals surface area contributed by atoms with Crippen LogP contribution in [-0.4, -0.2) is 43.7 Å². The van der Waals surface area contributed by atoms with E-state index in [1.807, 2.05) is 48.5 Å². The summed E-state index contributed by atoms with van der Waals surface area (Å²) in [5, 5.41) is 15.5. The molecular formula is C23H24N4O3. The van der Waals surface area contributed by atoms with Crippen molar-refractivity contribution in [3.63, 3.8) is 0 Å². The van der Waals surface area contributed by atoms with Gasteiger partial charge in [0.15, 0.2) is 0 Å². The average Bonchev–Trinajstić information content (AvgIpc) is 2.94. The lowest BCUT2D eigenvalue weighted by Crippen LogP contribution is -2.46. The first kappa shape index (κ1) is 20.1. The Hall–Kier alpha value is -3.21. The summed E-state index contributed by atoms with van der Waals surface area (Å²) in [6.45, 7) is 2.29. The number of anilines is 1. The summed E-state index contributed by atoms with van der Waals surface area (Å²) in [7, 11) is 0. The molecule has 30 heavy (non-hydrogen) atoms. The summed E-state index contributed by atoms with van der Waals surface area (Å²) in [5.41, 5.74) is 3.38. The maximum atomic E-state index is 12.7. The van der Waals surface area contributed by atoms with Crippen molar-refractivity contribution in [2.24, 2.45) is 0 Å². The number of rotatable bonds is 5. The van der Waals surface area contributed by atoms with E-state index < -0.39 is 12.1 Å². The van der Waals surface area contributed by atoms with Crippen molar-refractivity contribution in [1.82, 2.24) is 10.6 Å². The monoisotopic (exact) mass is 404 g/mol. The molecule has 2 N–H and O–H groups in total. The lowest BCUT2D eigenvalue weighted by molar-refractivity contribution is -0.132. The van der Waals surface area contributed by atoms with Gasteiger partial charge in [0, 0.05) is 30.8 Å². The van der Waals surface area contributed by atoms with Crippen LogP contribution in [0.3, 0.4) is 0 Å². The zero-order chi connectivity index (χ0) is 20.9. The third kappa shape index (κ3) is 4.35. The first-order chi connectivity index (χ1) is 14.7. The molecule has 2 aliphatic heterocycles. The molecule has 2 atom stereocenters. The van der Waals surface area contributed by atoms with Crippen LogP contribution < -0.4 is 15.5 Å². The molecule has 0 spiro atoms. The molecule has 1 saturated heterocycles. The Morgan fingerprint density at radius 1 is 1.30 bits per heavy atom. The molecule has 0 aliphatic carbocycles. The highest BCUT2D eigenvalue weighted by atomic mass is 16.5. The third-order valence-corrected chi connectivity index (χ3v) is 5.39. The van der Waals surface area contributed by atoms with Crippen molar-refractivity contribution < 1.29 is 14.3 Å². The van der Waals surface area contributed by atoms with Gasteiger partial charge in [-0.05, 0) is 42.3 Å². The smallest absolute Gasteiger partial charge is 0.258 e.